The zero-order chi connectivity index (χ0) is 13.7. The van der Waals surface area contributed by atoms with E-state index in [9.17, 15) is 0 Å². The molecule has 0 aliphatic carbocycles. The minimum atomic E-state index is -0.140. The smallest absolute Gasteiger partial charge is 0.0991 e. The van der Waals surface area contributed by atoms with Crippen molar-refractivity contribution >= 4 is 11.6 Å². The van der Waals surface area contributed by atoms with Crippen LogP contribution in [0.25, 0.3) is 0 Å². The Kier molecular flexibility index (Phi) is 14.0. The first kappa shape index (κ1) is 18.3. The number of likely N-dealkylation sites (N-methyl/N-ethyl adjacent to an activating group) is 1. The second-order valence-electron chi connectivity index (χ2n) is 2.80. The van der Waals surface area contributed by atoms with Crippen molar-refractivity contribution in [3.8, 4) is 6.07 Å². The lowest BCUT2D eigenvalue weighted by Gasteiger charge is -2.07. The normalized spacial score (nSPS) is 9.94. The first-order chi connectivity index (χ1) is 8.26. The van der Waals surface area contributed by atoms with Gasteiger partial charge in [-0.1, -0.05) is 51.4 Å². The zero-order valence-electron chi connectivity index (χ0n) is 11.4. The van der Waals surface area contributed by atoms with Crippen LogP contribution in [-0.2, 0) is 6.42 Å². The van der Waals surface area contributed by atoms with Gasteiger partial charge >= 0.3 is 0 Å². The van der Waals surface area contributed by atoms with E-state index in [-0.39, 0.29) is 6.04 Å². The molecule has 0 aliphatic heterocycles. The third-order valence-electron chi connectivity index (χ3n) is 1.83. The van der Waals surface area contributed by atoms with Gasteiger partial charge in [-0.15, -0.1) is 0 Å². The predicted molar refractivity (Wildman–Crippen MR) is 76.3 cm³/mol. The highest BCUT2D eigenvalue weighted by Gasteiger charge is 2.04. The third kappa shape index (κ3) is 8.74. The van der Waals surface area contributed by atoms with Crippen LogP contribution < -0.4 is 5.32 Å². The van der Waals surface area contributed by atoms with E-state index < -0.39 is 0 Å². The van der Waals surface area contributed by atoms with E-state index in [1.165, 1.54) is 0 Å². The molecule has 17 heavy (non-hydrogen) atoms. The fraction of sp³-hybridized carbons (Fsp3) is 0.500. The minimum Gasteiger partial charge on any atom is -0.305 e. The third-order valence-corrected chi connectivity index (χ3v) is 2.07. The van der Waals surface area contributed by atoms with E-state index in [2.05, 4.69) is 11.4 Å². The summed E-state index contributed by atoms with van der Waals surface area (Å²) in [5.41, 5.74) is 1.08. The Balaban J connectivity index is 0. The van der Waals surface area contributed by atoms with Gasteiger partial charge in [-0.25, -0.2) is 0 Å². The Bertz CT molecular complexity index is 318. The largest absolute Gasteiger partial charge is 0.305 e. The summed E-state index contributed by atoms with van der Waals surface area (Å²) < 4.78 is 0. The molecule has 0 amide bonds. The topological polar surface area (TPSA) is 35.8 Å². The van der Waals surface area contributed by atoms with Crippen molar-refractivity contribution in [2.45, 2.75) is 40.2 Å². The quantitative estimate of drug-likeness (QED) is 0.884. The number of hydrogen-bond donors (Lipinski definition) is 1. The SMILES string of the molecule is CC.CC.CNC(C#N)Cc1cccc(Cl)c1. The Morgan fingerprint density at radius 2 is 1.88 bits per heavy atom. The first-order valence-corrected chi connectivity index (χ1v) is 6.45. The van der Waals surface area contributed by atoms with Crippen molar-refractivity contribution < 1.29 is 0 Å². The summed E-state index contributed by atoms with van der Waals surface area (Å²) in [5, 5.41) is 12.3. The maximum atomic E-state index is 8.71. The molecule has 0 fully saturated rings. The summed E-state index contributed by atoms with van der Waals surface area (Å²) in [4.78, 5) is 0. The summed E-state index contributed by atoms with van der Waals surface area (Å²) in [6.45, 7) is 8.00. The molecule has 1 aromatic carbocycles. The van der Waals surface area contributed by atoms with Gasteiger partial charge in [-0.05, 0) is 24.7 Å². The van der Waals surface area contributed by atoms with Gasteiger partial charge in [-0.3, -0.25) is 0 Å². The molecule has 96 valence electrons. The van der Waals surface area contributed by atoms with Crippen LogP contribution in [0.1, 0.15) is 33.3 Å². The van der Waals surface area contributed by atoms with E-state index in [0.717, 1.165) is 5.56 Å². The lowest BCUT2D eigenvalue weighted by molar-refractivity contribution is 0.676. The molecule has 0 aromatic heterocycles. The lowest BCUT2D eigenvalue weighted by atomic mass is 10.1. The average molecular weight is 255 g/mol. The molecule has 2 nitrogen and oxygen atoms in total. The van der Waals surface area contributed by atoms with Gasteiger partial charge in [0.2, 0.25) is 0 Å². The number of halogens is 1. The summed E-state index contributed by atoms with van der Waals surface area (Å²) >= 11 is 5.81. The van der Waals surface area contributed by atoms with Crippen LogP contribution in [0, 0.1) is 11.3 Å². The molecular weight excluding hydrogens is 232 g/mol. The van der Waals surface area contributed by atoms with E-state index in [1.807, 2.05) is 52.0 Å². The highest BCUT2D eigenvalue weighted by atomic mass is 35.5. The predicted octanol–water partition coefficient (Wildman–Crippen LogP) is 4.05. The van der Waals surface area contributed by atoms with Crippen LogP contribution in [0.3, 0.4) is 0 Å². The summed E-state index contributed by atoms with van der Waals surface area (Å²) in [6, 6.07) is 9.59. The second-order valence-corrected chi connectivity index (χ2v) is 3.24. The van der Waals surface area contributed by atoms with Crippen molar-refractivity contribution in [2.24, 2.45) is 0 Å². The zero-order valence-corrected chi connectivity index (χ0v) is 12.2. The Labute approximate surface area is 111 Å². The fourth-order valence-corrected chi connectivity index (χ4v) is 1.32. The van der Waals surface area contributed by atoms with Gasteiger partial charge in [0.05, 0.1) is 12.1 Å². The molecule has 1 unspecified atom stereocenters. The molecular formula is C14H23ClN2. The van der Waals surface area contributed by atoms with Crippen LogP contribution in [0.15, 0.2) is 24.3 Å². The second kappa shape index (κ2) is 13.0. The summed E-state index contributed by atoms with van der Waals surface area (Å²) in [5.74, 6) is 0. The molecule has 0 bridgehead atoms. The number of benzene rings is 1. The number of nitriles is 1. The minimum absolute atomic E-state index is 0.140. The van der Waals surface area contributed by atoms with Gasteiger partial charge < -0.3 is 5.32 Å². The van der Waals surface area contributed by atoms with Crippen LogP contribution in [0.5, 0.6) is 0 Å². The first-order valence-electron chi connectivity index (χ1n) is 6.07. The average Bonchev–Trinajstić information content (AvgIpc) is 2.41. The highest BCUT2D eigenvalue weighted by Crippen LogP contribution is 2.11. The van der Waals surface area contributed by atoms with Crippen LogP contribution >= 0.6 is 11.6 Å². The monoisotopic (exact) mass is 254 g/mol. The van der Waals surface area contributed by atoms with Crippen molar-refractivity contribution in [1.82, 2.24) is 5.32 Å². The van der Waals surface area contributed by atoms with Crippen LogP contribution in [-0.4, -0.2) is 13.1 Å². The van der Waals surface area contributed by atoms with Crippen molar-refractivity contribution in [1.29, 1.82) is 5.26 Å². The van der Waals surface area contributed by atoms with Crippen LogP contribution in [0.4, 0.5) is 0 Å². The number of nitrogens with one attached hydrogen (secondary N) is 1. The highest BCUT2D eigenvalue weighted by molar-refractivity contribution is 6.30. The summed E-state index contributed by atoms with van der Waals surface area (Å²) in [6.07, 6.45) is 0.688. The molecule has 1 atom stereocenters. The van der Waals surface area contributed by atoms with Crippen molar-refractivity contribution in [3.05, 3.63) is 34.9 Å². The molecule has 0 aliphatic rings. The van der Waals surface area contributed by atoms with Crippen LogP contribution in [0.2, 0.25) is 5.02 Å². The molecule has 3 heteroatoms. The molecule has 1 aromatic rings. The van der Waals surface area contributed by atoms with E-state index in [1.54, 1.807) is 7.05 Å². The Hall–Kier alpha value is -1.04. The molecule has 1 rings (SSSR count). The van der Waals surface area contributed by atoms with Gasteiger partial charge in [0.15, 0.2) is 0 Å². The summed E-state index contributed by atoms with van der Waals surface area (Å²) in [7, 11) is 1.78. The molecule has 0 heterocycles. The molecule has 0 saturated heterocycles. The maximum Gasteiger partial charge on any atom is 0.0991 e. The van der Waals surface area contributed by atoms with Gasteiger partial charge in [0, 0.05) is 11.4 Å². The molecule has 0 radical (unpaired) electrons. The Morgan fingerprint density at radius 3 is 2.29 bits per heavy atom. The number of nitrogens with zero attached hydrogens (tertiary/aromatic N) is 1. The van der Waals surface area contributed by atoms with Gasteiger partial charge in [0.25, 0.3) is 0 Å². The van der Waals surface area contributed by atoms with Gasteiger partial charge in [0.1, 0.15) is 0 Å². The van der Waals surface area contributed by atoms with E-state index in [0.29, 0.717) is 11.4 Å². The van der Waals surface area contributed by atoms with Gasteiger partial charge in [-0.2, -0.15) is 5.26 Å². The fourth-order valence-electron chi connectivity index (χ4n) is 1.11. The Morgan fingerprint density at radius 1 is 1.29 bits per heavy atom. The molecule has 0 spiro atoms. The number of rotatable bonds is 3. The molecule has 1 N–H and O–H groups in total. The standard InChI is InChI=1S/C10H11ClN2.2C2H6/c1-13-10(7-12)6-8-3-2-4-9(11)5-8;2*1-2/h2-5,10,13H,6H2,1H3;2*1-2H3. The van der Waals surface area contributed by atoms with E-state index in [4.69, 9.17) is 16.9 Å². The van der Waals surface area contributed by atoms with Crippen molar-refractivity contribution in [2.75, 3.05) is 7.05 Å². The lowest BCUT2D eigenvalue weighted by Crippen LogP contribution is -2.25. The molecule has 0 saturated carbocycles. The number of hydrogen-bond acceptors (Lipinski definition) is 2. The van der Waals surface area contributed by atoms with Crippen molar-refractivity contribution in [3.63, 3.8) is 0 Å². The van der Waals surface area contributed by atoms with E-state index >= 15 is 0 Å². The maximum absolute atomic E-state index is 8.71.